The van der Waals surface area contributed by atoms with Gasteiger partial charge in [-0.1, -0.05) is 34.1 Å². The van der Waals surface area contributed by atoms with E-state index >= 15 is 0 Å². The van der Waals surface area contributed by atoms with Crippen LogP contribution in [0.3, 0.4) is 0 Å². The van der Waals surface area contributed by atoms with Gasteiger partial charge in [-0.3, -0.25) is 9.59 Å². The minimum atomic E-state index is -0.527. The Bertz CT molecular complexity index is 951. The molecular weight excluding hydrogens is 459 g/mol. The van der Waals surface area contributed by atoms with Crippen molar-refractivity contribution in [2.75, 3.05) is 13.7 Å². The fraction of sp³-hybridized carbons (Fsp3) is 0.724. The molecule has 200 valence electrons. The van der Waals surface area contributed by atoms with E-state index in [1.807, 2.05) is 0 Å². The summed E-state index contributed by atoms with van der Waals surface area (Å²) in [7, 11) is 1.43. The predicted molar refractivity (Wildman–Crippen MR) is 138 cm³/mol. The van der Waals surface area contributed by atoms with Crippen molar-refractivity contribution in [2.45, 2.75) is 91.2 Å². The van der Waals surface area contributed by atoms with E-state index in [-0.39, 0.29) is 64.2 Å². The molecule has 0 spiro atoms. The lowest BCUT2D eigenvalue weighted by molar-refractivity contribution is -0.127. The summed E-state index contributed by atoms with van der Waals surface area (Å²) in [6.07, 6.45) is 8.03. The summed E-state index contributed by atoms with van der Waals surface area (Å²) in [6, 6.07) is 2.47. The lowest BCUT2D eigenvalue weighted by Gasteiger charge is -2.32. The highest BCUT2D eigenvalue weighted by Crippen LogP contribution is 2.49. The minimum Gasteiger partial charge on any atom is -0.496 e. The molecule has 0 radical (unpaired) electrons. The van der Waals surface area contributed by atoms with E-state index in [4.69, 9.17) is 9.47 Å². The number of ether oxygens (including phenoxy) is 2. The monoisotopic (exact) mass is 502 g/mol. The first kappa shape index (κ1) is 26.7. The molecule has 2 bridgehead atoms. The largest absolute Gasteiger partial charge is 0.496 e. The number of carbonyl (C=O) groups is 2. The maximum Gasteiger partial charge on any atom is 0.255 e. The van der Waals surface area contributed by atoms with E-state index in [9.17, 15) is 14.0 Å². The number of amides is 2. The SMILES string of the molecule is CCC1CCC(Oc2cc(C(=O)N[C@@H]3[C@H]4CC[C@H](C4)[C@@H]3C(=O)NCC(C)(C)C)c(OC)cc2F)CC1. The topological polar surface area (TPSA) is 76.7 Å². The number of carbonyl (C=O) groups excluding carboxylic acids is 2. The highest BCUT2D eigenvalue weighted by molar-refractivity contribution is 5.98. The zero-order chi connectivity index (χ0) is 26.0. The van der Waals surface area contributed by atoms with Crippen LogP contribution in [0.4, 0.5) is 4.39 Å². The van der Waals surface area contributed by atoms with Crippen molar-refractivity contribution >= 4 is 11.8 Å². The normalized spacial score (nSPS) is 29.6. The van der Waals surface area contributed by atoms with Gasteiger partial charge in [0, 0.05) is 18.7 Å². The van der Waals surface area contributed by atoms with Crippen LogP contribution in [0.5, 0.6) is 11.5 Å². The van der Waals surface area contributed by atoms with Crippen molar-refractivity contribution in [2.24, 2.45) is 29.1 Å². The number of hydrogen-bond donors (Lipinski definition) is 2. The molecule has 4 atom stereocenters. The van der Waals surface area contributed by atoms with E-state index in [1.165, 1.54) is 19.2 Å². The summed E-state index contributed by atoms with van der Waals surface area (Å²) in [5, 5.41) is 6.24. The second kappa shape index (κ2) is 11.0. The smallest absolute Gasteiger partial charge is 0.255 e. The molecule has 0 unspecified atom stereocenters. The fourth-order valence-corrected chi connectivity index (χ4v) is 6.38. The molecule has 3 aliphatic rings. The number of benzene rings is 1. The van der Waals surface area contributed by atoms with Crippen molar-refractivity contribution in [1.82, 2.24) is 10.6 Å². The molecule has 1 aromatic rings. The lowest BCUT2D eigenvalue weighted by atomic mass is 9.83. The third-order valence-corrected chi connectivity index (χ3v) is 8.47. The summed E-state index contributed by atoms with van der Waals surface area (Å²) < 4.78 is 26.3. The van der Waals surface area contributed by atoms with Crippen LogP contribution in [0, 0.1) is 34.9 Å². The quantitative estimate of drug-likeness (QED) is 0.493. The zero-order valence-electron chi connectivity index (χ0n) is 22.5. The van der Waals surface area contributed by atoms with Crippen LogP contribution in [0.25, 0.3) is 0 Å². The van der Waals surface area contributed by atoms with Gasteiger partial charge >= 0.3 is 0 Å². The Morgan fingerprint density at radius 2 is 1.72 bits per heavy atom. The van der Waals surface area contributed by atoms with Crippen molar-refractivity contribution in [3.05, 3.63) is 23.5 Å². The average Bonchev–Trinajstić information content (AvgIpc) is 3.45. The first-order chi connectivity index (χ1) is 17.1. The van der Waals surface area contributed by atoms with Gasteiger partial charge in [-0.05, 0) is 74.2 Å². The molecule has 0 aromatic heterocycles. The highest BCUT2D eigenvalue weighted by Gasteiger charge is 2.51. The summed E-state index contributed by atoms with van der Waals surface area (Å²) in [6.45, 7) is 9.05. The molecule has 2 N–H and O–H groups in total. The molecule has 3 fully saturated rings. The van der Waals surface area contributed by atoms with Gasteiger partial charge in [0.05, 0.1) is 24.7 Å². The Hall–Kier alpha value is -2.31. The third-order valence-electron chi connectivity index (χ3n) is 8.47. The Morgan fingerprint density at radius 3 is 2.36 bits per heavy atom. The van der Waals surface area contributed by atoms with Gasteiger partial charge in [0.2, 0.25) is 5.91 Å². The Labute approximate surface area is 215 Å². The third kappa shape index (κ3) is 5.97. The molecule has 7 heteroatoms. The highest BCUT2D eigenvalue weighted by atomic mass is 19.1. The average molecular weight is 503 g/mol. The van der Waals surface area contributed by atoms with Gasteiger partial charge in [0.15, 0.2) is 11.6 Å². The number of rotatable bonds is 8. The van der Waals surface area contributed by atoms with Gasteiger partial charge in [0.25, 0.3) is 5.91 Å². The second-order valence-electron chi connectivity index (χ2n) is 12.3. The second-order valence-corrected chi connectivity index (χ2v) is 12.3. The van der Waals surface area contributed by atoms with E-state index in [1.54, 1.807) is 0 Å². The van der Waals surface area contributed by atoms with Crippen LogP contribution in [0.15, 0.2) is 12.1 Å². The molecule has 3 aliphatic carbocycles. The van der Waals surface area contributed by atoms with Crippen molar-refractivity contribution < 1.29 is 23.5 Å². The summed E-state index contributed by atoms with van der Waals surface area (Å²) in [4.78, 5) is 26.6. The summed E-state index contributed by atoms with van der Waals surface area (Å²) in [5.74, 6) is 0.427. The first-order valence-corrected chi connectivity index (χ1v) is 13.7. The molecule has 0 saturated heterocycles. The number of halogens is 1. The van der Waals surface area contributed by atoms with Gasteiger partial charge in [0.1, 0.15) is 5.75 Å². The lowest BCUT2D eigenvalue weighted by Crippen LogP contribution is -2.50. The van der Waals surface area contributed by atoms with E-state index < -0.39 is 5.82 Å². The van der Waals surface area contributed by atoms with Crippen molar-refractivity contribution in [3.63, 3.8) is 0 Å². The zero-order valence-corrected chi connectivity index (χ0v) is 22.5. The number of nitrogens with one attached hydrogen (secondary N) is 2. The predicted octanol–water partition coefficient (Wildman–Crippen LogP) is 5.49. The molecular formula is C29H43FN2O4. The van der Waals surface area contributed by atoms with Crippen molar-refractivity contribution in [3.8, 4) is 11.5 Å². The van der Waals surface area contributed by atoms with Crippen LogP contribution in [0.1, 0.15) is 89.4 Å². The van der Waals surface area contributed by atoms with E-state index in [0.717, 1.165) is 51.4 Å². The minimum absolute atomic E-state index is 0.0141. The van der Waals surface area contributed by atoms with Crippen LogP contribution in [-0.4, -0.2) is 37.6 Å². The first-order valence-electron chi connectivity index (χ1n) is 13.7. The summed E-state index contributed by atoms with van der Waals surface area (Å²) in [5.41, 5.74) is 0.229. The summed E-state index contributed by atoms with van der Waals surface area (Å²) >= 11 is 0. The van der Waals surface area contributed by atoms with E-state index in [2.05, 4.69) is 38.3 Å². The molecule has 0 heterocycles. The van der Waals surface area contributed by atoms with Crippen molar-refractivity contribution in [1.29, 1.82) is 0 Å². The molecule has 2 amide bonds. The number of fused-ring (bicyclic) bond motifs is 2. The molecule has 1 aromatic carbocycles. The molecule has 3 saturated carbocycles. The van der Waals surface area contributed by atoms with Crippen LogP contribution >= 0.6 is 0 Å². The Balaban J connectivity index is 1.48. The van der Waals surface area contributed by atoms with E-state index in [0.29, 0.717) is 12.5 Å². The molecule has 4 rings (SSSR count). The Kier molecular flexibility index (Phi) is 8.15. The number of methoxy groups -OCH3 is 1. The van der Waals surface area contributed by atoms with Gasteiger partial charge in [-0.15, -0.1) is 0 Å². The maximum absolute atomic E-state index is 14.9. The molecule has 0 aliphatic heterocycles. The Morgan fingerprint density at radius 1 is 1.03 bits per heavy atom. The molecule has 36 heavy (non-hydrogen) atoms. The van der Waals surface area contributed by atoms with Crippen LogP contribution in [-0.2, 0) is 4.79 Å². The van der Waals surface area contributed by atoms with Crippen LogP contribution in [0.2, 0.25) is 0 Å². The fourth-order valence-electron chi connectivity index (χ4n) is 6.38. The number of hydrogen-bond acceptors (Lipinski definition) is 4. The van der Waals surface area contributed by atoms with Gasteiger partial charge < -0.3 is 20.1 Å². The molecule has 6 nitrogen and oxygen atoms in total. The van der Waals surface area contributed by atoms with Gasteiger partial charge in [-0.25, -0.2) is 4.39 Å². The standard InChI is InChI=1S/C29H43FN2O4/c1-6-17-7-11-20(12-8-17)36-24-14-21(23(35-5)15-22(24)30)27(33)32-26-19-10-9-18(13-19)25(26)28(34)31-16-29(2,3)4/h14-15,17-20,25-26H,6-13,16H2,1-5H3,(H,31,34)(H,32,33)/t17?,18-,19+,20?,25+,26-/m1/s1. The van der Waals surface area contributed by atoms with Gasteiger partial charge in [-0.2, -0.15) is 0 Å². The maximum atomic E-state index is 14.9. The van der Waals surface area contributed by atoms with Crippen LogP contribution < -0.4 is 20.1 Å².